The molecule has 0 heterocycles. The number of nitro benzene ring substituents is 1. The van der Waals surface area contributed by atoms with Crippen LogP contribution < -0.4 is 10.6 Å². The summed E-state index contributed by atoms with van der Waals surface area (Å²) in [4.78, 5) is 33.3. The van der Waals surface area contributed by atoms with Gasteiger partial charge >= 0.3 is 5.97 Å². The van der Waals surface area contributed by atoms with Gasteiger partial charge in [0.05, 0.1) is 18.1 Å². The van der Waals surface area contributed by atoms with Gasteiger partial charge in [0.2, 0.25) is 5.91 Å². The van der Waals surface area contributed by atoms with Crippen molar-refractivity contribution in [1.29, 1.82) is 0 Å². The van der Waals surface area contributed by atoms with Gasteiger partial charge < -0.3 is 20.5 Å². The van der Waals surface area contributed by atoms with E-state index < -0.39 is 22.3 Å². The second-order valence-electron chi connectivity index (χ2n) is 4.75. The Hall–Kier alpha value is -2.68. The van der Waals surface area contributed by atoms with Gasteiger partial charge in [-0.15, -0.1) is 0 Å². The van der Waals surface area contributed by atoms with Crippen LogP contribution in [-0.4, -0.2) is 47.7 Å². The highest BCUT2D eigenvalue weighted by Crippen LogP contribution is 2.22. The Morgan fingerprint density at radius 3 is 2.59 bits per heavy atom. The number of benzene rings is 1. The Morgan fingerprint density at radius 2 is 2.05 bits per heavy atom. The molecular weight excluding hydrogens is 294 g/mol. The van der Waals surface area contributed by atoms with Gasteiger partial charge in [0.1, 0.15) is 5.69 Å². The Labute approximate surface area is 126 Å². The molecule has 1 aromatic rings. The van der Waals surface area contributed by atoms with Crippen molar-refractivity contribution < 1.29 is 24.4 Å². The molecule has 9 nitrogen and oxygen atoms in total. The summed E-state index contributed by atoms with van der Waals surface area (Å²) in [7, 11) is 1.32. The largest absolute Gasteiger partial charge is 0.479 e. The summed E-state index contributed by atoms with van der Waals surface area (Å²) < 4.78 is 4.78. The highest BCUT2D eigenvalue weighted by Gasteiger charge is 2.34. The van der Waals surface area contributed by atoms with E-state index in [-0.39, 0.29) is 24.5 Å². The quantitative estimate of drug-likeness (QED) is 0.473. The molecule has 1 amide bonds. The molecule has 1 aromatic carbocycles. The fourth-order valence-corrected chi connectivity index (χ4v) is 1.75. The number of carbonyl (C=O) groups excluding carboxylic acids is 1. The lowest BCUT2D eigenvalue weighted by Gasteiger charge is -2.25. The van der Waals surface area contributed by atoms with Crippen LogP contribution in [0.15, 0.2) is 24.3 Å². The van der Waals surface area contributed by atoms with Crippen LogP contribution in [0.2, 0.25) is 0 Å². The summed E-state index contributed by atoms with van der Waals surface area (Å²) in [6.07, 6.45) is 0. The van der Waals surface area contributed by atoms with Crippen molar-refractivity contribution in [3.63, 3.8) is 0 Å². The maximum Gasteiger partial charge on any atom is 0.331 e. The summed E-state index contributed by atoms with van der Waals surface area (Å²) in [6, 6.07) is 5.84. The van der Waals surface area contributed by atoms with E-state index in [1.165, 1.54) is 32.2 Å². The zero-order chi connectivity index (χ0) is 16.8. The summed E-state index contributed by atoms with van der Waals surface area (Å²) >= 11 is 0. The molecule has 0 aliphatic heterocycles. The predicted molar refractivity (Wildman–Crippen MR) is 77.6 cm³/mol. The van der Waals surface area contributed by atoms with Gasteiger partial charge in [0.15, 0.2) is 5.54 Å². The average Bonchev–Trinajstić information content (AvgIpc) is 2.45. The first-order valence-corrected chi connectivity index (χ1v) is 6.31. The number of hydrogen-bond acceptors (Lipinski definition) is 6. The molecule has 22 heavy (non-hydrogen) atoms. The SMILES string of the molecule is COCC(C)(NC(=O)CNc1ccccc1[N+](=O)[O-])C(=O)O. The summed E-state index contributed by atoms with van der Waals surface area (Å²) in [5.41, 5.74) is -1.57. The highest BCUT2D eigenvalue weighted by atomic mass is 16.6. The molecule has 120 valence electrons. The minimum absolute atomic E-state index is 0.173. The van der Waals surface area contributed by atoms with Crippen molar-refractivity contribution in [2.45, 2.75) is 12.5 Å². The third kappa shape index (κ3) is 4.42. The van der Waals surface area contributed by atoms with Gasteiger partial charge in [-0.05, 0) is 13.0 Å². The summed E-state index contributed by atoms with van der Waals surface area (Å²) in [5, 5.41) is 24.9. The van der Waals surface area contributed by atoms with E-state index in [2.05, 4.69) is 10.6 Å². The monoisotopic (exact) mass is 311 g/mol. The van der Waals surface area contributed by atoms with Gasteiger partial charge in [0, 0.05) is 13.2 Å². The number of ether oxygens (including phenoxy) is 1. The molecule has 0 aliphatic carbocycles. The number of nitrogens with zero attached hydrogens (tertiary/aromatic N) is 1. The summed E-state index contributed by atoms with van der Waals surface area (Å²) in [5.74, 6) is -1.87. The fourth-order valence-electron chi connectivity index (χ4n) is 1.75. The zero-order valence-corrected chi connectivity index (χ0v) is 12.2. The zero-order valence-electron chi connectivity index (χ0n) is 12.2. The first kappa shape index (κ1) is 17.4. The maximum atomic E-state index is 11.8. The van der Waals surface area contributed by atoms with Crippen molar-refractivity contribution >= 4 is 23.3 Å². The molecule has 0 aliphatic rings. The molecule has 0 aromatic heterocycles. The van der Waals surface area contributed by atoms with E-state index in [1.807, 2.05) is 0 Å². The van der Waals surface area contributed by atoms with E-state index >= 15 is 0 Å². The lowest BCUT2D eigenvalue weighted by atomic mass is 10.0. The van der Waals surface area contributed by atoms with Gasteiger partial charge in [0.25, 0.3) is 5.69 Å². The molecule has 0 saturated heterocycles. The molecule has 0 bridgehead atoms. The molecule has 0 radical (unpaired) electrons. The van der Waals surface area contributed by atoms with Crippen molar-refractivity contribution in [2.75, 3.05) is 25.6 Å². The Balaban J connectivity index is 2.71. The van der Waals surface area contributed by atoms with Crippen molar-refractivity contribution in [2.24, 2.45) is 0 Å². The Kier molecular flexibility index (Phi) is 5.81. The van der Waals surface area contributed by atoms with Crippen LogP contribution in [0.4, 0.5) is 11.4 Å². The third-order valence-corrected chi connectivity index (χ3v) is 2.86. The van der Waals surface area contributed by atoms with Crippen LogP contribution in [-0.2, 0) is 14.3 Å². The van der Waals surface area contributed by atoms with Crippen LogP contribution in [0.25, 0.3) is 0 Å². The topological polar surface area (TPSA) is 131 Å². The lowest BCUT2D eigenvalue weighted by Crippen LogP contribution is -2.56. The molecule has 1 rings (SSSR count). The van der Waals surface area contributed by atoms with Gasteiger partial charge in [-0.2, -0.15) is 0 Å². The number of amides is 1. The highest BCUT2D eigenvalue weighted by molar-refractivity contribution is 5.89. The number of nitro groups is 1. The second-order valence-corrected chi connectivity index (χ2v) is 4.75. The molecule has 0 saturated carbocycles. The van der Waals surface area contributed by atoms with E-state index in [0.29, 0.717) is 0 Å². The normalized spacial score (nSPS) is 13.0. The first-order chi connectivity index (χ1) is 10.3. The number of carboxylic acids is 1. The number of nitrogens with one attached hydrogen (secondary N) is 2. The van der Waals surface area contributed by atoms with E-state index in [1.54, 1.807) is 6.07 Å². The van der Waals surface area contributed by atoms with Crippen LogP contribution in [0.5, 0.6) is 0 Å². The van der Waals surface area contributed by atoms with Gasteiger partial charge in [-0.3, -0.25) is 14.9 Å². The van der Waals surface area contributed by atoms with E-state index in [9.17, 15) is 19.7 Å². The van der Waals surface area contributed by atoms with Crippen molar-refractivity contribution in [3.8, 4) is 0 Å². The summed E-state index contributed by atoms with van der Waals surface area (Å²) in [6.45, 7) is 0.790. The standard InChI is InChI=1S/C13H17N3O6/c1-13(8-22-2,12(18)19)15-11(17)7-14-9-5-3-4-6-10(9)16(20)21/h3-6,14H,7-8H2,1-2H3,(H,15,17)(H,18,19). The number of rotatable bonds is 8. The number of anilines is 1. The molecule has 1 atom stereocenters. The van der Waals surface area contributed by atoms with Crippen LogP contribution in [0, 0.1) is 10.1 Å². The smallest absolute Gasteiger partial charge is 0.331 e. The fraction of sp³-hybridized carbons (Fsp3) is 0.385. The van der Waals surface area contributed by atoms with Crippen molar-refractivity contribution in [1.82, 2.24) is 5.32 Å². The molecule has 0 fully saturated rings. The predicted octanol–water partition coefficient (Wildman–Crippen LogP) is 0.613. The van der Waals surface area contributed by atoms with Crippen LogP contribution >= 0.6 is 0 Å². The first-order valence-electron chi connectivity index (χ1n) is 6.31. The Bertz CT molecular complexity index is 577. The lowest BCUT2D eigenvalue weighted by molar-refractivity contribution is -0.383. The number of aliphatic carboxylic acids is 1. The number of carbonyl (C=O) groups is 2. The van der Waals surface area contributed by atoms with Gasteiger partial charge in [-0.1, -0.05) is 12.1 Å². The molecule has 1 unspecified atom stereocenters. The van der Waals surface area contributed by atoms with E-state index in [4.69, 9.17) is 9.84 Å². The molecule has 9 heteroatoms. The number of para-hydroxylation sites is 2. The van der Waals surface area contributed by atoms with Crippen LogP contribution in [0.3, 0.4) is 0 Å². The molecular formula is C13H17N3O6. The van der Waals surface area contributed by atoms with Crippen LogP contribution in [0.1, 0.15) is 6.92 Å². The minimum Gasteiger partial charge on any atom is -0.479 e. The number of methoxy groups -OCH3 is 1. The second kappa shape index (κ2) is 7.36. The van der Waals surface area contributed by atoms with E-state index in [0.717, 1.165) is 0 Å². The Morgan fingerprint density at radius 1 is 1.41 bits per heavy atom. The maximum absolute atomic E-state index is 11.8. The van der Waals surface area contributed by atoms with Gasteiger partial charge in [-0.25, -0.2) is 4.79 Å². The average molecular weight is 311 g/mol. The number of carboxylic acid groups (broad SMARTS) is 1. The third-order valence-electron chi connectivity index (χ3n) is 2.86. The number of hydrogen-bond donors (Lipinski definition) is 3. The molecule has 3 N–H and O–H groups in total. The molecule has 0 spiro atoms. The minimum atomic E-state index is -1.57. The van der Waals surface area contributed by atoms with Crippen molar-refractivity contribution in [3.05, 3.63) is 34.4 Å².